The fraction of sp³-hybridized carbons (Fsp3) is 0.125. The maximum absolute atomic E-state index is 13.2. The Hall–Kier alpha value is -3.06. The van der Waals surface area contributed by atoms with Crippen LogP contribution in [-0.4, -0.2) is 22.4 Å². The Morgan fingerprint density at radius 1 is 0.879 bits per heavy atom. The fourth-order valence-corrected chi connectivity index (χ4v) is 4.40. The lowest BCUT2D eigenvalue weighted by Crippen LogP contribution is -2.54. The second kappa shape index (κ2) is 8.71. The molecule has 1 aliphatic rings. The first-order valence-electron chi connectivity index (χ1n) is 9.90. The number of benzene rings is 2. The van der Waals surface area contributed by atoms with E-state index in [2.05, 4.69) is 5.32 Å². The molecule has 0 spiro atoms. The van der Waals surface area contributed by atoms with Gasteiger partial charge in [-0.15, -0.1) is 0 Å². The van der Waals surface area contributed by atoms with Crippen molar-refractivity contribution in [3.8, 4) is 5.69 Å². The van der Waals surface area contributed by atoms with Crippen LogP contribution in [0.25, 0.3) is 11.8 Å². The number of amides is 4. The summed E-state index contributed by atoms with van der Waals surface area (Å²) in [7, 11) is 0. The third-order valence-electron chi connectivity index (χ3n) is 5.44. The van der Waals surface area contributed by atoms with Crippen molar-refractivity contribution in [3.05, 3.63) is 85.6 Å². The first-order valence-corrected chi connectivity index (χ1v) is 11.0. The molecule has 4 rings (SSSR count). The van der Waals surface area contributed by atoms with Crippen LogP contribution in [-0.2, 0) is 9.59 Å². The van der Waals surface area contributed by atoms with Crippen LogP contribution >= 0.6 is 34.8 Å². The lowest BCUT2D eigenvalue weighted by molar-refractivity contribution is -0.122. The van der Waals surface area contributed by atoms with Gasteiger partial charge in [0.1, 0.15) is 5.57 Å². The minimum absolute atomic E-state index is 0.172. The monoisotopic (exact) mass is 501 g/mol. The number of hydrogen-bond acceptors (Lipinski definition) is 3. The van der Waals surface area contributed by atoms with E-state index in [-0.39, 0.29) is 11.3 Å². The maximum Gasteiger partial charge on any atom is 0.335 e. The van der Waals surface area contributed by atoms with Crippen molar-refractivity contribution < 1.29 is 14.4 Å². The number of urea groups is 1. The maximum atomic E-state index is 13.2. The van der Waals surface area contributed by atoms with Crippen LogP contribution in [0.15, 0.2) is 48.0 Å². The highest BCUT2D eigenvalue weighted by Gasteiger charge is 2.37. The zero-order valence-electron chi connectivity index (χ0n) is 17.9. The molecule has 1 saturated heterocycles. The zero-order chi connectivity index (χ0) is 24.0. The Balaban J connectivity index is 1.78. The third-order valence-corrected chi connectivity index (χ3v) is 6.38. The second-order valence-electron chi connectivity index (χ2n) is 7.65. The van der Waals surface area contributed by atoms with Crippen LogP contribution in [0.4, 0.5) is 10.5 Å². The van der Waals surface area contributed by atoms with Crippen molar-refractivity contribution in [1.82, 2.24) is 9.88 Å². The molecule has 33 heavy (non-hydrogen) atoms. The van der Waals surface area contributed by atoms with Crippen molar-refractivity contribution in [2.24, 2.45) is 0 Å². The molecule has 4 amide bonds. The summed E-state index contributed by atoms with van der Waals surface area (Å²) in [5.74, 6) is -1.51. The summed E-state index contributed by atoms with van der Waals surface area (Å²) < 4.78 is 1.90. The molecular formula is C24H18Cl3N3O3. The van der Waals surface area contributed by atoms with Crippen molar-refractivity contribution in [1.29, 1.82) is 0 Å². The number of barbiturate groups is 1. The van der Waals surface area contributed by atoms with Gasteiger partial charge in [0, 0.05) is 21.4 Å². The predicted molar refractivity (Wildman–Crippen MR) is 130 cm³/mol. The number of aromatic nitrogens is 1. The van der Waals surface area contributed by atoms with Crippen LogP contribution in [0.1, 0.15) is 22.5 Å². The minimum Gasteiger partial charge on any atom is -0.316 e. The molecule has 2 aromatic carbocycles. The van der Waals surface area contributed by atoms with Gasteiger partial charge >= 0.3 is 6.03 Å². The molecule has 9 heteroatoms. The van der Waals surface area contributed by atoms with Crippen molar-refractivity contribution >= 4 is 64.4 Å². The van der Waals surface area contributed by atoms with Crippen LogP contribution in [0.2, 0.25) is 15.1 Å². The van der Waals surface area contributed by atoms with E-state index < -0.39 is 17.8 Å². The number of carbonyl (C=O) groups is 3. The van der Waals surface area contributed by atoms with Gasteiger partial charge in [0.2, 0.25) is 0 Å². The lowest BCUT2D eigenvalue weighted by Gasteiger charge is -2.26. The van der Waals surface area contributed by atoms with E-state index in [1.54, 1.807) is 30.3 Å². The smallest absolute Gasteiger partial charge is 0.316 e. The SMILES string of the molecule is Cc1ccc(N2C(=O)NC(=O)/C(=C/c3cc(C)n(-c4ccc(Cl)cc4Cl)c3C)C2=O)cc1Cl. The number of anilines is 1. The molecule has 0 atom stereocenters. The molecule has 2 heterocycles. The summed E-state index contributed by atoms with van der Waals surface area (Å²) in [4.78, 5) is 39.1. The van der Waals surface area contributed by atoms with E-state index in [0.717, 1.165) is 21.9 Å². The normalized spacial score (nSPS) is 15.4. The summed E-state index contributed by atoms with van der Waals surface area (Å²) in [6, 6.07) is 11.0. The van der Waals surface area contributed by atoms with Gasteiger partial charge in [-0.1, -0.05) is 40.9 Å². The van der Waals surface area contributed by atoms with Gasteiger partial charge in [0.15, 0.2) is 0 Å². The van der Waals surface area contributed by atoms with Crippen LogP contribution in [0, 0.1) is 20.8 Å². The summed E-state index contributed by atoms with van der Waals surface area (Å²) >= 11 is 18.6. The largest absolute Gasteiger partial charge is 0.335 e. The van der Waals surface area contributed by atoms with E-state index in [1.165, 1.54) is 12.1 Å². The molecule has 6 nitrogen and oxygen atoms in total. The van der Waals surface area contributed by atoms with Crippen molar-refractivity contribution in [2.75, 3.05) is 4.90 Å². The number of hydrogen-bond donors (Lipinski definition) is 1. The Morgan fingerprint density at radius 3 is 2.27 bits per heavy atom. The number of nitrogens with zero attached hydrogens (tertiary/aromatic N) is 2. The quantitative estimate of drug-likeness (QED) is 0.351. The standard InChI is InChI=1S/C24H18Cl3N3O3/c1-12-4-6-17(11-19(12)26)30-23(32)18(22(31)28-24(30)33)9-15-8-13(2)29(14(15)3)21-7-5-16(25)10-20(21)27/h4-11H,1-3H3,(H,28,31,33)/b18-9-. The molecule has 0 bridgehead atoms. The number of nitrogens with one attached hydrogen (secondary N) is 1. The predicted octanol–water partition coefficient (Wildman–Crippen LogP) is 6.03. The molecule has 3 aromatic rings. The van der Waals surface area contributed by atoms with Gasteiger partial charge in [0.25, 0.3) is 11.8 Å². The molecule has 1 aromatic heterocycles. The van der Waals surface area contributed by atoms with Crippen LogP contribution < -0.4 is 10.2 Å². The Bertz CT molecular complexity index is 1370. The number of imide groups is 2. The Labute approximate surface area is 205 Å². The lowest BCUT2D eigenvalue weighted by atomic mass is 10.1. The summed E-state index contributed by atoms with van der Waals surface area (Å²) in [5, 5.41) is 3.60. The van der Waals surface area contributed by atoms with Gasteiger partial charge in [0.05, 0.1) is 16.4 Å². The first-order chi connectivity index (χ1) is 15.6. The fourth-order valence-electron chi connectivity index (χ4n) is 3.74. The van der Waals surface area contributed by atoms with Gasteiger partial charge < -0.3 is 4.57 Å². The number of aryl methyl sites for hydroxylation is 2. The molecule has 168 valence electrons. The average Bonchev–Trinajstić information content (AvgIpc) is 3.01. The van der Waals surface area contributed by atoms with Crippen molar-refractivity contribution in [3.63, 3.8) is 0 Å². The molecule has 0 unspecified atom stereocenters. The molecule has 0 radical (unpaired) electrons. The minimum atomic E-state index is -0.833. The topological polar surface area (TPSA) is 71.4 Å². The molecular weight excluding hydrogens is 485 g/mol. The van der Waals surface area contributed by atoms with Crippen LogP contribution in [0.5, 0.6) is 0 Å². The molecule has 0 saturated carbocycles. The molecule has 1 N–H and O–H groups in total. The summed E-state index contributed by atoms with van der Waals surface area (Å²) in [6.45, 7) is 5.53. The van der Waals surface area contributed by atoms with E-state index in [9.17, 15) is 14.4 Å². The highest BCUT2D eigenvalue weighted by molar-refractivity contribution is 6.39. The third kappa shape index (κ3) is 4.17. The number of carbonyl (C=O) groups excluding carboxylic acids is 3. The first kappa shape index (κ1) is 23.1. The number of halogens is 3. The average molecular weight is 503 g/mol. The van der Waals surface area contributed by atoms with E-state index in [4.69, 9.17) is 34.8 Å². The Morgan fingerprint density at radius 2 is 1.61 bits per heavy atom. The van der Waals surface area contributed by atoms with E-state index in [1.807, 2.05) is 31.4 Å². The summed E-state index contributed by atoms with van der Waals surface area (Å²) in [5.41, 5.74) is 3.83. The second-order valence-corrected chi connectivity index (χ2v) is 8.90. The van der Waals surface area contributed by atoms with Crippen LogP contribution in [0.3, 0.4) is 0 Å². The Kier molecular flexibility index (Phi) is 6.10. The van der Waals surface area contributed by atoms with Gasteiger partial charge in [-0.05, 0) is 74.4 Å². The molecule has 1 aliphatic heterocycles. The van der Waals surface area contributed by atoms with Gasteiger partial charge in [-0.2, -0.15) is 0 Å². The molecule has 0 aliphatic carbocycles. The summed E-state index contributed by atoms with van der Waals surface area (Å²) in [6.07, 6.45) is 1.47. The van der Waals surface area contributed by atoms with E-state index >= 15 is 0 Å². The van der Waals surface area contributed by atoms with E-state index in [0.29, 0.717) is 26.3 Å². The number of rotatable bonds is 3. The molecule has 1 fully saturated rings. The van der Waals surface area contributed by atoms with Gasteiger partial charge in [-0.3, -0.25) is 14.9 Å². The highest BCUT2D eigenvalue weighted by Crippen LogP contribution is 2.31. The van der Waals surface area contributed by atoms with Gasteiger partial charge in [-0.25, -0.2) is 9.69 Å². The highest BCUT2D eigenvalue weighted by atomic mass is 35.5. The van der Waals surface area contributed by atoms with Crippen molar-refractivity contribution in [2.45, 2.75) is 20.8 Å². The zero-order valence-corrected chi connectivity index (χ0v) is 20.1.